The molecule has 0 amide bonds. The number of anilines is 2. The predicted molar refractivity (Wildman–Crippen MR) is 122 cm³/mol. The van der Waals surface area contributed by atoms with Gasteiger partial charge < -0.3 is 26.0 Å². The van der Waals surface area contributed by atoms with Gasteiger partial charge in [-0.15, -0.1) is 0 Å². The minimum absolute atomic E-state index is 0.115. The second-order valence-electron chi connectivity index (χ2n) is 10.2. The third kappa shape index (κ3) is 4.62. The van der Waals surface area contributed by atoms with Crippen LogP contribution in [0.15, 0.2) is 24.3 Å². The molecule has 1 aromatic heterocycles. The maximum Gasteiger partial charge on any atom is 0.220 e. The van der Waals surface area contributed by atoms with Crippen LogP contribution in [-0.2, 0) is 0 Å². The van der Waals surface area contributed by atoms with Crippen LogP contribution in [0.3, 0.4) is 0 Å². The SMILES string of the molecule is CC(C)(C)C1CCC(c2cc(-c3cc(N4C[C@H](O)[C@@H](O)C4)ccc3O)nc(N)n2)CC1. The van der Waals surface area contributed by atoms with E-state index < -0.39 is 12.2 Å². The van der Waals surface area contributed by atoms with E-state index in [1.165, 1.54) is 12.8 Å². The van der Waals surface area contributed by atoms with E-state index in [0.29, 0.717) is 41.6 Å². The number of hydrogen-bond acceptors (Lipinski definition) is 7. The van der Waals surface area contributed by atoms with Gasteiger partial charge in [0.05, 0.1) is 17.9 Å². The standard InChI is InChI=1S/C24H34N4O3/c1-24(2,3)15-6-4-14(5-7-15)18-11-19(27-23(25)26-18)17-10-16(8-9-20(17)29)28-12-21(30)22(31)13-28/h8-11,14-15,21-22,29-31H,4-7,12-13H2,1-3H3,(H2,25,26,27)/t14?,15?,21-,22-/m0/s1. The summed E-state index contributed by atoms with van der Waals surface area (Å²) in [6.45, 7) is 7.63. The molecular formula is C24H34N4O3. The summed E-state index contributed by atoms with van der Waals surface area (Å²) in [7, 11) is 0. The molecule has 7 nitrogen and oxygen atoms in total. The number of aliphatic hydroxyl groups excluding tert-OH is 2. The quantitative estimate of drug-likeness (QED) is 0.595. The monoisotopic (exact) mass is 426 g/mol. The molecular weight excluding hydrogens is 392 g/mol. The Kier molecular flexibility index (Phi) is 5.83. The van der Waals surface area contributed by atoms with Crippen molar-refractivity contribution in [1.29, 1.82) is 0 Å². The summed E-state index contributed by atoms with van der Waals surface area (Å²) in [4.78, 5) is 10.8. The van der Waals surface area contributed by atoms with Crippen LogP contribution in [-0.4, -0.2) is 50.6 Å². The van der Waals surface area contributed by atoms with Crippen molar-refractivity contribution in [2.24, 2.45) is 11.3 Å². The average molecular weight is 427 g/mol. The Balaban J connectivity index is 1.60. The molecule has 2 aromatic rings. The molecule has 1 aromatic carbocycles. The van der Waals surface area contributed by atoms with Gasteiger partial charge in [-0.3, -0.25) is 0 Å². The fourth-order valence-electron chi connectivity index (χ4n) is 4.99. The second kappa shape index (κ2) is 8.28. The van der Waals surface area contributed by atoms with E-state index in [1.807, 2.05) is 17.0 Å². The van der Waals surface area contributed by atoms with Crippen molar-refractivity contribution in [2.75, 3.05) is 23.7 Å². The topological polar surface area (TPSA) is 116 Å². The van der Waals surface area contributed by atoms with Crippen molar-refractivity contribution < 1.29 is 15.3 Å². The summed E-state index contributed by atoms with van der Waals surface area (Å²) in [5, 5.41) is 30.3. The zero-order chi connectivity index (χ0) is 22.3. The molecule has 31 heavy (non-hydrogen) atoms. The number of rotatable bonds is 3. The Bertz CT molecular complexity index is 925. The van der Waals surface area contributed by atoms with Crippen molar-refractivity contribution in [1.82, 2.24) is 9.97 Å². The Hall–Kier alpha value is -2.38. The molecule has 2 heterocycles. The Morgan fingerprint density at radius 3 is 2.23 bits per heavy atom. The van der Waals surface area contributed by atoms with Gasteiger partial charge in [0.1, 0.15) is 5.75 Å². The second-order valence-corrected chi connectivity index (χ2v) is 10.2. The van der Waals surface area contributed by atoms with E-state index in [4.69, 9.17) is 5.73 Å². The highest BCUT2D eigenvalue weighted by molar-refractivity contribution is 5.73. The number of nitrogen functional groups attached to an aromatic ring is 1. The van der Waals surface area contributed by atoms with Crippen LogP contribution < -0.4 is 10.6 Å². The van der Waals surface area contributed by atoms with Crippen molar-refractivity contribution in [3.05, 3.63) is 30.0 Å². The lowest BCUT2D eigenvalue weighted by molar-refractivity contribution is 0.0572. The predicted octanol–water partition coefficient (Wildman–Crippen LogP) is 3.29. The van der Waals surface area contributed by atoms with Gasteiger partial charge in [0.25, 0.3) is 0 Å². The van der Waals surface area contributed by atoms with Gasteiger partial charge in [0, 0.05) is 36.0 Å². The van der Waals surface area contributed by atoms with Gasteiger partial charge in [0.2, 0.25) is 5.95 Å². The molecule has 0 spiro atoms. The van der Waals surface area contributed by atoms with E-state index in [0.717, 1.165) is 24.2 Å². The number of phenols is 1. The molecule has 1 aliphatic carbocycles. The highest BCUT2D eigenvalue weighted by Gasteiger charge is 2.32. The molecule has 2 aliphatic rings. The van der Waals surface area contributed by atoms with E-state index in [-0.39, 0.29) is 11.7 Å². The summed E-state index contributed by atoms with van der Waals surface area (Å²) in [6.07, 6.45) is 2.95. The molecule has 0 bridgehead atoms. The van der Waals surface area contributed by atoms with E-state index >= 15 is 0 Å². The van der Waals surface area contributed by atoms with Gasteiger partial charge in [-0.05, 0) is 61.3 Å². The van der Waals surface area contributed by atoms with Crippen LogP contribution in [0.4, 0.5) is 11.6 Å². The van der Waals surface area contributed by atoms with Crippen LogP contribution in [0.5, 0.6) is 5.75 Å². The summed E-state index contributed by atoms with van der Waals surface area (Å²) in [6, 6.07) is 7.18. The minimum Gasteiger partial charge on any atom is -0.507 e. The number of nitrogens with two attached hydrogens (primary N) is 1. The molecule has 1 saturated heterocycles. The summed E-state index contributed by atoms with van der Waals surface area (Å²) >= 11 is 0. The molecule has 1 saturated carbocycles. The fraction of sp³-hybridized carbons (Fsp3) is 0.583. The lowest BCUT2D eigenvalue weighted by Gasteiger charge is -2.36. The molecule has 5 N–H and O–H groups in total. The molecule has 168 valence electrons. The van der Waals surface area contributed by atoms with Crippen LogP contribution >= 0.6 is 0 Å². The third-order valence-electron chi connectivity index (χ3n) is 7.01. The fourth-order valence-corrected chi connectivity index (χ4v) is 4.99. The van der Waals surface area contributed by atoms with Gasteiger partial charge in [-0.2, -0.15) is 0 Å². The molecule has 0 unspecified atom stereocenters. The van der Waals surface area contributed by atoms with Crippen LogP contribution in [0, 0.1) is 11.3 Å². The Morgan fingerprint density at radius 2 is 1.61 bits per heavy atom. The van der Waals surface area contributed by atoms with Crippen molar-refractivity contribution in [3.8, 4) is 17.0 Å². The number of aromatic nitrogens is 2. The lowest BCUT2D eigenvalue weighted by Crippen LogP contribution is -2.25. The van der Waals surface area contributed by atoms with Crippen molar-refractivity contribution in [2.45, 2.75) is 64.6 Å². The summed E-state index contributed by atoms with van der Waals surface area (Å²) in [5.41, 5.74) is 9.31. The smallest absolute Gasteiger partial charge is 0.220 e. The normalized spacial score (nSPS) is 26.9. The highest BCUT2D eigenvalue weighted by atomic mass is 16.3. The van der Waals surface area contributed by atoms with E-state index in [2.05, 4.69) is 30.7 Å². The molecule has 7 heteroatoms. The van der Waals surface area contributed by atoms with Crippen LogP contribution in [0.1, 0.15) is 58.1 Å². The van der Waals surface area contributed by atoms with E-state index in [9.17, 15) is 15.3 Å². The zero-order valence-corrected chi connectivity index (χ0v) is 18.6. The van der Waals surface area contributed by atoms with Crippen molar-refractivity contribution >= 4 is 11.6 Å². The minimum atomic E-state index is -0.776. The van der Waals surface area contributed by atoms with Gasteiger partial charge in [-0.25, -0.2) is 9.97 Å². The van der Waals surface area contributed by atoms with Crippen LogP contribution in [0.2, 0.25) is 0 Å². The summed E-state index contributed by atoms with van der Waals surface area (Å²) in [5.74, 6) is 1.39. The van der Waals surface area contributed by atoms with Gasteiger partial charge >= 0.3 is 0 Å². The first-order valence-electron chi connectivity index (χ1n) is 11.2. The Morgan fingerprint density at radius 1 is 0.968 bits per heavy atom. The maximum atomic E-state index is 10.5. The number of aliphatic hydroxyl groups is 2. The average Bonchev–Trinajstić information content (AvgIpc) is 3.06. The number of β-amino-alcohol motifs (C(OH)–C–C–N with tert-alkyl or cyclic N) is 2. The first-order chi connectivity index (χ1) is 14.6. The lowest BCUT2D eigenvalue weighted by atomic mass is 9.69. The van der Waals surface area contributed by atoms with Crippen LogP contribution in [0.25, 0.3) is 11.3 Å². The number of hydrogen-bond donors (Lipinski definition) is 4. The zero-order valence-electron chi connectivity index (χ0n) is 18.6. The largest absolute Gasteiger partial charge is 0.507 e. The molecule has 1 aliphatic heterocycles. The summed E-state index contributed by atoms with van der Waals surface area (Å²) < 4.78 is 0. The highest BCUT2D eigenvalue weighted by Crippen LogP contribution is 2.43. The number of nitrogens with zero attached hydrogens (tertiary/aromatic N) is 3. The van der Waals surface area contributed by atoms with Gasteiger partial charge in [-0.1, -0.05) is 20.8 Å². The number of aromatic hydroxyl groups is 1. The number of benzene rings is 1. The first kappa shape index (κ1) is 21.8. The van der Waals surface area contributed by atoms with Crippen molar-refractivity contribution in [3.63, 3.8) is 0 Å². The van der Waals surface area contributed by atoms with E-state index in [1.54, 1.807) is 12.1 Å². The molecule has 4 rings (SSSR count). The molecule has 2 fully saturated rings. The van der Waals surface area contributed by atoms with Gasteiger partial charge in [0.15, 0.2) is 0 Å². The Labute approximate surface area is 184 Å². The molecule has 0 radical (unpaired) electrons. The molecule has 2 atom stereocenters. The maximum absolute atomic E-state index is 10.5. The third-order valence-corrected chi connectivity index (χ3v) is 7.01. The first-order valence-corrected chi connectivity index (χ1v) is 11.2. The number of phenolic OH excluding ortho intramolecular Hbond substituents is 1.